The lowest BCUT2D eigenvalue weighted by Crippen LogP contribution is -2.29. The monoisotopic (exact) mass is 335 g/mol. The van der Waals surface area contributed by atoms with Crippen LogP contribution in [0.3, 0.4) is 0 Å². The topological polar surface area (TPSA) is 38.3 Å². The summed E-state index contributed by atoms with van der Waals surface area (Å²) in [5, 5.41) is 3.55. The highest BCUT2D eigenvalue weighted by Gasteiger charge is 2.42. The normalized spacial score (nSPS) is 30.4. The molecule has 1 N–H and O–H groups in total. The zero-order valence-corrected chi connectivity index (χ0v) is 12.9. The highest BCUT2D eigenvalue weighted by molar-refractivity contribution is 9.10. The Morgan fingerprint density at radius 3 is 3.05 bits per heavy atom. The Bertz CT molecular complexity index is 572. The molecule has 0 aliphatic carbocycles. The van der Waals surface area contributed by atoms with Gasteiger partial charge in [-0.05, 0) is 37.0 Å². The molecule has 2 bridgehead atoms. The summed E-state index contributed by atoms with van der Waals surface area (Å²) in [5.41, 5.74) is 2.29. The predicted molar refractivity (Wildman–Crippen MR) is 80.1 cm³/mol. The SMILES string of the molecule is O=C(Cc1cc(Br)cc2c1OCC2)C1CC2CCC1N2. The molecule has 0 spiro atoms. The van der Waals surface area contributed by atoms with E-state index in [9.17, 15) is 4.79 Å². The van der Waals surface area contributed by atoms with Crippen LogP contribution in [0, 0.1) is 5.92 Å². The summed E-state index contributed by atoms with van der Waals surface area (Å²) in [7, 11) is 0. The van der Waals surface area contributed by atoms with Crippen molar-refractivity contribution in [3.05, 3.63) is 27.7 Å². The van der Waals surface area contributed by atoms with Crippen molar-refractivity contribution in [1.82, 2.24) is 5.32 Å². The van der Waals surface area contributed by atoms with Gasteiger partial charge in [0.1, 0.15) is 11.5 Å². The van der Waals surface area contributed by atoms with E-state index in [2.05, 4.69) is 27.3 Å². The number of ketones is 1. The Balaban J connectivity index is 1.56. The number of Topliss-reactive ketones (excluding diaryl/α,β-unsaturated/α-hetero) is 1. The third-order valence-corrected chi connectivity index (χ3v) is 5.36. The number of halogens is 1. The molecule has 2 saturated heterocycles. The molecule has 0 saturated carbocycles. The number of ether oxygens (including phenoxy) is 1. The van der Waals surface area contributed by atoms with Gasteiger partial charge in [0.2, 0.25) is 0 Å². The van der Waals surface area contributed by atoms with Crippen LogP contribution in [0.15, 0.2) is 16.6 Å². The lowest BCUT2D eigenvalue weighted by Gasteiger charge is -2.19. The summed E-state index contributed by atoms with van der Waals surface area (Å²) in [6.45, 7) is 0.739. The summed E-state index contributed by atoms with van der Waals surface area (Å²) in [5.74, 6) is 1.54. The largest absolute Gasteiger partial charge is 0.493 e. The van der Waals surface area contributed by atoms with Gasteiger partial charge in [-0.25, -0.2) is 0 Å². The molecular formula is C16H18BrNO2. The second-order valence-electron chi connectivity index (χ2n) is 6.18. The third-order valence-electron chi connectivity index (χ3n) is 4.90. The molecule has 1 aromatic carbocycles. The van der Waals surface area contributed by atoms with Crippen LogP contribution in [0.1, 0.15) is 30.4 Å². The van der Waals surface area contributed by atoms with Crippen LogP contribution in [-0.2, 0) is 17.6 Å². The number of hydrogen-bond donors (Lipinski definition) is 1. The molecule has 3 unspecified atom stereocenters. The molecule has 3 aliphatic rings. The Morgan fingerprint density at radius 2 is 2.30 bits per heavy atom. The molecule has 0 aromatic heterocycles. The summed E-state index contributed by atoms with van der Waals surface area (Å²) in [6, 6.07) is 5.16. The molecule has 4 rings (SSSR count). The molecule has 3 nitrogen and oxygen atoms in total. The van der Waals surface area contributed by atoms with Gasteiger partial charge in [-0.2, -0.15) is 0 Å². The standard InChI is InChI=1S/C16H18BrNO2/c17-11-5-9-3-4-20-16(9)10(6-11)7-15(19)13-8-12-1-2-14(13)18-12/h5-6,12-14,18H,1-4,7-8H2. The van der Waals surface area contributed by atoms with E-state index in [1.54, 1.807) is 0 Å². The highest BCUT2D eigenvalue weighted by atomic mass is 79.9. The van der Waals surface area contributed by atoms with Gasteiger partial charge in [-0.3, -0.25) is 4.79 Å². The van der Waals surface area contributed by atoms with E-state index in [0.29, 0.717) is 24.3 Å². The zero-order valence-electron chi connectivity index (χ0n) is 11.3. The Kier molecular flexibility index (Phi) is 3.11. The Morgan fingerprint density at radius 1 is 1.40 bits per heavy atom. The maximum Gasteiger partial charge on any atom is 0.142 e. The Labute approximate surface area is 127 Å². The molecule has 4 heteroatoms. The van der Waals surface area contributed by atoms with Crippen molar-refractivity contribution in [2.24, 2.45) is 5.92 Å². The smallest absolute Gasteiger partial charge is 0.142 e. The van der Waals surface area contributed by atoms with Crippen molar-refractivity contribution in [2.75, 3.05) is 6.61 Å². The van der Waals surface area contributed by atoms with Crippen LogP contribution in [0.2, 0.25) is 0 Å². The van der Waals surface area contributed by atoms with Crippen molar-refractivity contribution in [1.29, 1.82) is 0 Å². The van der Waals surface area contributed by atoms with E-state index in [1.807, 2.05) is 6.07 Å². The van der Waals surface area contributed by atoms with Gasteiger partial charge in [0, 0.05) is 40.9 Å². The maximum absolute atomic E-state index is 12.6. The summed E-state index contributed by atoms with van der Waals surface area (Å²) in [6.07, 6.45) is 4.89. The molecule has 0 amide bonds. The van der Waals surface area contributed by atoms with E-state index in [0.717, 1.165) is 41.7 Å². The fraction of sp³-hybridized carbons (Fsp3) is 0.562. The van der Waals surface area contributed by atoms with Gasteiger partial charge in [-0.15, -0.1) is 0 Å². The first-order valence-corrected chi connectivity index (χ1v) is 8.23. The van der Waals surface area contributed by atoms with Crippen LogP contribution < -0.4 is 10.1 Å². The van der Waals surface area contributed by atoms with Gasteiger partial charge in [-0.1, -0.05) is 15.9 Å². The predicted octanol–water partition coefficient (Wildman–Crippen LogP) is 2.64. The number of carbonyl (C=O) groups is 1. The lowest BCUT2D eigenvalue weighted by atomic mass is 9.84. The van der Waals surface area contributed by atoms with Crippen LogP contribution >= 0.6 is 15.9 Å². The van der Waals surface area contributed by atoms with Crippen molar-refractivity contribution in [2.45, 2.75) is 44.2 Å². The first-order valence-electron chi connectivity index (χ1n) is 7.43. The fourth-order valence-corrected chi connectivity index (χ4v) is 4.53. The molecule has 3 atom stereocenters. The number of hydrogen-bond acceptors (Lipinski definition) is 3. The minimum absolute atomic E-state index is 0.213. The number of carbonyl (C=O) groups excluding carboxylic acids is 1. The fourth-order valence-electron chi connectivity index (χ4n) is 3.98. The summed E-state index contributed by atoms with van der Waals surface area (Å²) in [4.78, 5) is 12.6. The maximum atomic E-state index is 12.6. The average Bonchev–Trinajstić information content (AvgIpc) is 3.13. The molecule has 106 valence electrons. The van der Waals surface area contributed by atoms with E-state index in [-0.39, 0.29) is 5.92 Å². The Hall–Kier alpha value is -0.870. The number of rotatable bonds is 3. The van der Waals surface area contributed by atoms with Gasteiger partial charge in [0.15, 0.2) is 0 Å². The molecule has 3 aliphatic heterocycles. The van der Waals surface area contributed by atoms with Crippen molar-refractivity contribution >= 4 is 21.7 Å². The van der Waals surface area contributed by atoms with E-state index in [1.165, 1.54) is 12.0 Å². The number of benzene rings is 1. The van der Waals surface area contributed by atoms with Crippen molar-refractivity contribution < 1.29 is 9.53 Å². The number of nitrogens with one attached hydrogen (secondary N) is 1. The summed E-state index contributed by atoms with van der Waals surface area (Å²) < 4.78 is 6.77. The quantitative estimate of drug-likeness (QED) is 0.922. The summed E-state index contributed by atoms with van der Waals surface area (Å²) >= 11 is 3.54. The van der Waals surface area contributed by atoms with E-state index < -0.39 is 0 Å². The first-order chi connectivity index (χ1) is 9.70. The number of fused-ring (bicyclic) bond motifs is 3. The molecule has 2 fully saturated rings. The van der Waals surface area contributed by atoms with E-state index >= 15 is 0 Å². The van der Waals surface area contributed by atoms with Crippen LogP contribution in [-0.4, -0.2) is 24.5 Å². The van der Waals surface area contributed by atoms with E-state index in [4.69, 9.17) is 4.74 Å². The van der Waals surface area contributed by atoms with Gasteiger partial charge >= 0.3 is 0 Å². The van der Waals surface area contributed by atoms with Crippen LogP contribution in [0.4, 0.5) is 0 Å². The second kappa shape index (κ2) is 4.85. The lowest BCUT2D eigenvalue weighted by molar-refractivity contribution is -0.122. The van der Waals surface area contributed by atoms with Crippen molar-refractivity contribution in [3.63, 3.8) is 0 Å². The molecule has 1 aromatic rings. The minimum atomic E-state index is 0.213. The van der Waals surface area contributed by atoms with Gasteiger partial charge < -0.3 is 10.1 Å². The molecule has 20 heavy (non-hydrogen) atoms. The van der Waals surface area contributed by atoms with Gasteiger partial charge in [0.25, 0.3) is 0 Å². The average molecular weight is 336 g/mol. The van der Waals surface area contributed by atoms with Crippen LogP contribution in [0.5, 0.6) is 5.75 Å². The molecule has 0 radical (unpaired) electrons. The first kappa shape index (κ1) is 12.8. The third kappa shape index (κ3) is 2.09. The van der Waals surface area contributed by atoms with Crippen LogP contribution in [0.25, 0.3) is 0 Å². The van der Waals surface area contributed by atoms with Gasteiger partial charge in [0.05, 0.1) is 6.61 Å². The second-order valence-corrected chi connectivity index (χ2v) is 7.10. The molecule has 3 heterocycles. The highest BCUT2D eigenvalue weighted by Crippen LogP contribution is 2.37. The zero-order chi connectivity index (χ0) is 13.7. The van der Waals surface area contributed by atoms with Crippen molar-refractivity contribution in [3.8, 4) is 5.75 Å². The molecular weight excluding hydrogens is 318 g/mol. The minimum Gasteiger partial charge on any atom is -0.493 e.